The van der Waals surface area contributed by atoms with Gasteiger partial charge >= 0.3 is 0 Å². The number of nitrogens with zero attached hydrogens (tertiary/aromatic N) is 3. The number of hydrogen-bond acceptors (Lipinski definition) is 4. The summed E-state index contributed by atoms with van der Waals surface area (Å²) in [5, 5.41) is 8.57. The van der Waals surface area contributed by atoms with Crippen molar-refractivity contribution in [3.05, 3.63) is 16.8 Å². The summed E-state index contributed by atoms with van der Waals surface area (Å²) < 4.78 is 0. The predicted molar refractivity (Wildman–Crippen MR) is 82.7 cm³/mol. The first-order valence-corrected chi connectivity index (χ1v) is 7.29. The minimum Gasteiger partial charge on any atom is -0.389 e. The van der Waals surface area contributed by atoms with Crippen molar-refractivity contribution >= 4 is 23.0 Å². The Morgan fingerprint density at radius 3 is 2.42 bits per heavy atom. The highest BCUT2D eigenvalue weighted by atomic mass is 32.1. The molecule has 0 amide bonds. The lowest BCUT2D eigenvalue weighted by molar-refractivity contribution is 0.425. The number of aromatic nitrogens is 2. The Morgan fingerprint density at radius 2 is 1.84 bits per heavy atom. The highest BCUT2D eigenvalue weighted by Gasteiger charge is 2.23. The Balaban J connectivity index is 2.38. The molecule has 0 saturated heterocycles. The van der Waals surface area contributed by atoms with Crippen molar-refractivity contribution in [3.8, 4) is 0 Å². The number of thiocarbonyl (C=S) groups is 1. The molecule has 1 aromatic heterocycles. The van der Waals surface area contributed by atoms with Crippen LogP contribution in [-0.4, -0.2) is 28.3 Å². The Kier molecular flexibility index (Phi) is 4.34. The molecule has 0 aromatic carbocycles. The Hall–Kier alpha value is -1.23. The molecule has 0 spiro atoms. The van der Waals surface area contributed by atoms with E-state index >= 15 is 0 Å². The average molecular weight is 278 g/mol. The molecule has 2 N–H and O–H groups in total. The van der Waals surface area contributed by atoms with Crippen molar-refractivity contribution in [3.63, 3.8) is 0 Å². The summed E-state index contributed by atoms with van der Waals surface area (Å²) in [6, 6.07) is 0.526. The highest BCUT2D eigenvalue weighted by Crippen LogP contribution is 2.28. The highest BCUT2D eigenvalue weighted by molar-refractivity contribution is 7.80. The summed E-state index contributed by atoms with van der Waals surface area (Å²) >= 11 is 5.20. The van der Waals surface area contributed by atoms with Crippen molar-refractivity contribution in [1.29, 1.82) is 0 Å². The van der Waals surface area contributed by atoms with Crippen LogP contribution in [0.2, 0.25) is 0 Å². The monoisotopic (exact) mass is 278 g/mol. The molecule has 1 aliphatic carbocycles. The van der Waals surface area contributed by atoms with Crippen molar-refractivity contribution in [1.82, 2.24) is 10.2 Å². The van der Waals surface area contributed by atoms with Crippen molar-refractivity contribution in [2.75, 3.05) is 11.9 Å². The van der Waals surface area contributed by atoms with Crippen LogP contribution in [0.25, 0.3) is 0 Å². The van der Waals surface area contributed by atoms with E-state index < -0.39 is 0 Å². The molecule has 1 saturated carbocycles. The first-order chi connectivity index (χ1) is 9.02. The quantitative estimate of drug-likeness (QED) is 0.861. The minimum atomic E-state index is 0.410. The standard InChI is InChI=1S/C14H22N4S/c1-9-10(2)16-17-14(12(9)13(15)19)18(3)11-7-5-4-6-8-11/h11H,4-8H2,1-3H3,(H2,15,19). The van der Waals surface area contributed by atoms with Crippen molar-refractivity contribution < 1.29 is 0 Å². The van der Waals surface area contributed by atoms with Gasteiger partial charge in [-0.25, -0.2) is 0 Å². The van der Waals surface area contributed by atoms with E-state index in [4.69, 9.17) is 18.0 Å². The zero-order valence-corrected chi connectivity index (χ0v) is 12.8. The third-order valence-corrected chi connectivity index (χ3v) is 4.34. The zero-order chi connectivity index (χ0) is 14.0. The molecular formula is C14H22N4S. The van der Waals surface area contributed by atoms with E-state index in [2.05, 4.69) is 22.1 Å². The second-order valence-electron chi connectivity index (χ2n) is 5.38. The van der Waals surface area contributed by atoms with E-state index in [0.717, 1.165) is 22.6 Å². The van der Waals surface area contributed by atoms with Gasteiger partial charge in [0.05, 0.1) is 11.3 Å². The van der Waals surface area contributed by atoms with E-state index in [0.29, 0.717) is 11.0 Å². The van der Waals surface area contributed by atoms with Crippen LogP contribution < -0.4 is 10.6 Å². The fraction of sp³-hybridized carbons (Fsp3) is 0.643. The van der Waals surface area contributed by atoms with E-state index in [-0.39, 0.29) is 0 Å². The summed E-state index contributed by atoms with van der Waals surface area (Å²) in [5.41, 5.74) is 8.71. The lowest BCUT2D eigenvalue weighted by atomic mass is 9.94. The maximum absolute atomic E-state index is 5.89. The Morgan fingerprint density at radius 1 is 1.21 bits per heavy atom. The van der Waals surface area contributed by atoms with Gasteiger partial charge in [-0.3, -0.25) is 0 Å². The summed E-state index contributed by atoms with van der Waals surface area (Å²) in [4.78, 5) is 2.63. The maximum atomic E-state index is 5.89. The van der Waals surface area contributed by atoms with Gasteiger partial charge in [0.1, 0.15) is 4.99 Å². The van der Waals surface area contributed by atoms with Crippen molar-refractivity contribution in [2.24, 2.45) is 5.73 Å². The minimum absolute atomic E-state index is 0.410. The second-order valence-corrected chi connectivity index (χ2v) is 5.82. The van der Waals surface area contributed by atoms with Crippen LogP contribution >= 0.6 is 12.2 Å². The molecule has 0 aliphatic heterocycles. The molecule has 1 aliphatic rings. The second kappa shape index (κ2) is 5.82. The average Bonchev–Trinajstić information content (AvgIpc) is 2.41. The fourth-order valence-corrected chi connectivity index (χ4v) is 3.02. The molecular weight excluding hydrogens is 256 g/mol. The largest absolute Gasteiger partial charge is 0.389 e. The number of nitrogens with two attached hydrogens (primary N) is 1. The fourth-order valence-electron chi connectivity index (χ4n) is 2.78. The van der Waals surface area contributed by atoms with Crippen LogP contribution in [0.3, 0.4) is 0 Å². The van der Waals surface area contributed by atoms with Crippen LogP contribution in [0.15, 0.2) is 0 Å². The maximum Gasteiger partial charge on any atom is 0.161 e. The molecule has 104 valence electrons. The molecule has 0 atom stereocenters. The Bertz CT molecular complexity index is 481. The van der Waals surface area contributed by atoms with Gasteiger partial charge in [-0.2, -0.15) is 5.10 Å². The van der Waals surface area contributed by atoms with Crippen LogP contribution in [0.5, 0.6) is 0 Å². The smallest absolute Gasteiger partial charge is 0.161 e. The number of rotatable bonds is 3. The molecule has 5 heteroatoms. The van der Waals surface area contributed by atoms with Crippen molar-refractivity contribution in [2.45, 2.75) is 52.0 Å². The summed E-state index contributed by atoms with van der Waals surface area (Å²) in [5.74, 6) is 0.836. The third kappa shape index (κ3) is 2.86. The normalized spacial score (nSPS) is 16.4. The van der Waals surface area contributed by atoms with E-state index in [1.165, 1.54) is 32.1 Å². The molecule has 2 rings (SSSR count). The van der Waals surface area contributed by atoms with Crippen LogP contribution in [0.4, 0.5) is 5.82 Å². The van der Waals surface area contributed by atoms with Gasteiger partial charge in [-0.05, 0) is 32.3 Å². The molecule has 19 heavy (non-hydrogen) atoms. The van der Waals surface area contributed by atoms with Gasteiger partial charge in [0.25, 0.3) is 0 Å². The third-order valence-electron chi connectivity index (χ3n) is 4.14. The SMILES string of the molecule is Cc1nnc(N(C)C2CCCCC2)c(C(N)=S)c1C. The van der Waals surface area contributed by atoms with E-state index in [1.807, 2.05) is 13.8 Å². The molecule has 0 unspecified atom stereocenters. The predicted octanol–water partition coefficient (Wildman–Crippen LogP) is 2.50. The van der Waals surface area contributed by atoms with Gasteiger partial charge in [0.2, 0.25) is 0 Å². The van der Waals surface area contributed by atoms with Gasteiger partial charge in [0, 0.05) is 13.1 Å². The molecule has 4 nitrogen and oxygen atoms in total. The first-order valence-electron chi connectivity index (χ1n) is 6.89. The van der Waals surface area contributed by atoms with Gasteiger partial charge < -0.3 is 10.6 Å². The lowest BCUT2D eigenvalue weighted by Gasteiger charge is -2.33. The van der Waals surface area contributed by atoms with Crippen LogP contribution in [0.1, 0.15) is 48.9 Å². The van der Waals surface area contributed by atoms with Gasteiger partial charge in [0.15, 0.2) is 5.82 Å². The van der Waals surface area contributed by atoms with Crippen LogP contribution in [-0.2, 0) is 0 Å². The molecule has 1 heterocycles. The number of anilines is 1. The molecule has 1 aromatic rings. The summed E-state index contributed by atoms with van der Waals surface area (Å²) in [6.07, 6.45) is 6.33. The summed E-state index contributed by atoms with van der Waals surface area (Å²) in [7, 11) is 2.08. The van der Waals surface area contributed by atoms with Crippen LogP contribution in [0, 0.1) is 13.8 Å². The van der Waals surface area contributed by atoms with Gasteiger partial charge in [-0.1, -0.05) is 31.5 Å². The molecule has 0 bridgehead atoms. The Labute approximate surface area is 120 Å². The van der Waals surface area contributed by atoms with E-state index in [1.54, 1.807) is 0 Å². The molecule has 1 fully saturated rings. The first kappa shape index (κ1) is 14.2. The topological polar surface area (TPSA) is 55.0 Å². The molecule has 0 radical (unpaired) electrons. The number of hydrogen-bond donors (Lipinski definition) is 1. The summed E-state index contributed by atoms with van der Waals surface area (Å²) in [6.45, 7) is 3.95. The van der Waals surface area contributed by atoms with E-state index in [9.17, 15) is 0 Å². The lowest BCUT2D eigenvalue weighted by Crippen LogP contribution is -2.36. The number of aryl methyl sites for hydroxylation is 1. The van der Waals surface area contributed by atoms with Gasteiger partial charge in [-0.15, -0.1) is 5.10 Å². The zero-order valence-electron chi connectivity index (χ0n) is 11.9.